The van der Waals surface area contributed by atoms with E-state index in [0.717, 1.165) is 0 Å². The van der Waals surface area contributed by atoms with Gasteiger partial charge in [0, 0.05) is 0 Å². The highest BCUT2D eigenvalue weighted by Crippen LogP contribution is 2.12. The van der Waals surface area contributed by atoms with Crippen molar-refractivity contribution in [3.8, 4) is 0 Å². The predicted molar refractivity (Wildman–Crippen MR) is 14.2 cm³/mol. The van der Waals surface area contributed by atoms with Crippen molar-refractivity contribution in [3.63, 3.8) is 0 Å². The molecule has 44 valence electrons. The number of halogens is 3. The van der Waals surface area contributed by atoms with Crippen LogP contribution in [0.15, 0.2) is 0 Å². The second-order valence-electron chi connectivity index (χ2n) is 0.873. The first-order valence-corrected chi connectivity index (χ1v) is 1.41. The molecule has 0 aliphatic carbocycles. The first kappa shape index (κ1) is 6.71. The van der Waals surface area contributed by atoms with Gasteiger partial charge in [-0.15, -0.1) is 4.94 Å². The molecule has 0 aromatic rings. The summed E-state index contributed by atoms with van der Waals surface area (Å²) in [5.41, 5.74) is 0. The van der Waals surface area contributed by atoms with Crippen LogP contribution in [0.4, 0.5) is 13.3 Å². The quantitative estimate of drug-likeness (QED) is 0.568. The van der Waals surface area contributed by atoms with Crippen LogP contribution in [0.3, 0.4) is 0 Å². The summed E-state index contributed by atoms with van der Waals surface area (Å²) in [4.78, 5) is 2.00. The largest absolute Gasteiger partial charge is 0.408 e. The molecule has 0 saturated carbocycles. The van der Waals surface area contributed by atoms with Crippen LogP contribution in [0.2, 0.25) is 0 Å². The van der Waals surface area contributed by atoms with Crippen molar-refractivity contribution in [2.75, 3.05) is 6.61 Å². The van der Waals surface area contributed by atoms with Gasteiger partial charge in [-0.25, -0.2) is 0 Å². The zero-order chi connectivity index (χ0) is 5.91. The summed E-state index contributed by atoms with van der Waals surface area (Å²) in [6.07, 6.45) is -4.03. The molecule has 0 atom stereocenters. The second kappa shape index (κ2) is 2.13. The average Bonchev–Trinajstić information content (AvgIpc) is 1.68. The molecule has 0 bridgehead atoms. The van der Waals surface area contributed by atoms with Gasteiger partial charge in [0.2, 0.25) is 0 Å². The molecule has 1 N–H and O–H groups in total. The molecule has 0 amide bonds. The van der Waals surface area contributed by atoms with E-state index in [-0.39, 0.29) is 0 Å². The van der Waals surface area contributed by atoms with E-state index >= 15 is 0 Å². The molecule has 2 nitrogen and oxygen atoms in total. The van der Waals surface area contributed by atoms with Gasteiger partial charge in [-0.3, -0.25) is 0 Å². The summed E-state index contributed by atoms with van der Waals surface area (Å²) in [6, 6.07) is 0. The zero-order valence-electron chi connectivity index (χ0n) is 3.20. The number of aliphatic hydroxyl groups excluding tert-OH is 1. The van der Waals surface area contributed by atoms with E-state index < -0.39 is 12.7 Å². The fourth-order valence-corrected chi connectivity index (χ4v) is 0.0244. The Hall–Kier alpha value is -0.290. The number of aliphatic hydroxyl groups is 1. The minimum Gasteiger partial charge on any atom is -0.387 e. The summed E-state index contributed by atoms with van der Waals surface area (Å²) >= 11 is 0. The molecule has 0 unspecified atom stereocenters. The Balaban J connectivity index is 3.36. The Morgan fingerprint density at radius 3 is 2.00 bits per heavy atom. The zero-order valence-corrected chi connectivity index (χ0v) is 3.20. The predicted octanol–water partition coefficient (Wildman–Crippen LogP) is 0.473. The normalized spacial score (nSPS) is 12.0. The molecule has 0 aromatic heterocycles. The lowest BCUT2D eigenvalue weighted by atomic mass is 10.7. The van der Waals surface area contributed by atoms with Crippen molar-refractivity contribution in [1.29, 1.82) is 0 Å². The van der Waals surface area contributed by atoms with E-state index in [1.165, 1.54) is 0 Å². The lowest BCUT2D eigenvalue weighted by molar-refractivity contribution is -0.364. The second-order valence-corrected chi connectivity index (χ2v) is 0.873. The number of alkyl halides is 2. The van der Waals surface area contributed by atoms with Gasteiger partial charge in [0.25, 0.3) is 0 Å². The monoisotopic (exact) mass is 116 g/mol. The van der Waals surface area contributed by atoms with Gasteiger partial charge in [0.1, 0.15) is 6.61 Å². The van der Waals surface area contributed by atoms with Crippen LogP contribution < -0.4 is 0 Å². The topological polar surface area (TPSA) is 29.5 Å². The van der Waals surface area contributed by atoms with E-state index in [1.54, 1.807) is 0 Å². The van der Waals surface area contributed by atoms with Crippen LogP contribution in [0.5, 0.6) is 0 Å². The van der Waals surface area contributed by atoms with Crippen LogP contribution >= 0.6 is 0 Å². The highest BCUT2D eigenvalue weighted by molar-refractivity contribution is 4.40. The first-order chi connectivity index (χ1) is 3.12. The molecular formula is C2H3F3O2. The fourth-order valence-electron chi connectivity index (χ4n) is 0.0244. The average molecular weight is 116 g/mol. The van der Waals surface area contributed by atoms with Gasteiger partial charge in [-0.1, -0.05) is 0 Å². The van der Waals surface area contributed by atoms with Gasteiger partial charge in [0.05, 0.1) is 0 Å². The molecule has 0 heterocycles. The van der Waals surface area contributed by atoms with Crippen LogP contribution in [-0.4, -0.2) is 17.8 Å². The maximum absolute atomic E-state index is 11.0. The maximum atomic E-state index is 11.0. The third-order valence-corrected chi connectivity index (χ3v) is 0.297. The molecule has 0 rings (SSSR count). The Morgan fingerprint density at radius 1 is 1.57 bits per heavy atom. The van der Waals surface area contributed by atoms with Crippen molar-refractivity contribution in [2.45, 2.75) is 6.11 Å². The highest BCUT2D eigenvalue weighted by atomic mass is 19.4. The van der Waals surface area contributed by atoms with E-state index in [4.69, 9.17) is 5.11 Å². The van der Waals surface area contributed by atoms with E-state index in [9.17, 15) is 13.3 Å². The standard InChI is InChI=1S/C2H3F3O2/c3-2(4,1-6)7-5/h6H,1H2. The Labute approximate surface area is 37.4 Å². The minimum atomic E-state index is -4.03. The fraction of sp³-hybridized carbons (Fsp3) is 1.00. The third-order valence-electron chi connectivity index (χ3n) is 0.297. The maximum Gasteiger partial charge on any atom is 0.408 e. The van der Waals surface area contributed by atoms with Crippen molar-refractivity contribution in [1.82, 2.24) is 0 Å². The lowest BCUT2D eigenvalue weighted by Crippen LogP contribution is -2.21. The molecule has 0 fully saturated rings. The van der Waals surface area contributed by atoms with Crippen molar-refractivity contribution in [3.05, 3.63) is 0 Å². The summed E-state index contributed by atoms with van der Waals surface area (Å²) in [7, 11) is 0. The molecule has 0 aliphatic rings. The Morgan fingerprint density at radius 2 is 2.00 bits per heavy atom. The highest BCUT2D eigenvalue weighted by Gasteiger charge is 2.29. The van der Waals surface area contributed by atoms with Crippen molar-refractivity contribution in [2.24, 2.45) is 0 Å². The SMILES string of the molecule is OCC(F)(F)OF. The van der Waals surface area contributed by atoms with Gasteiger partial charge in [-0.05, 0) is 4.53 Å². The Bertz CT molecular complexity index is 48.9. The molecule has 0 aliphatic heterocycles. The van der Waals surface area contributed by atoms with E-state index in [0.29, 0.717) is 0 Å². The van der Waals surface area contributed by atoms with E-state index in [1.807, 2.05) is 4.94 Å². The van der Waals surface area contributed by atoms with Crippen LogP contribution in [-0.2, 0) is 4.94 Å². The third kappa shape index (κ3) is 2.41. The summed E-state index contributed by atoms with van der Waals surface area (Å²) in [5, 5.41) is 7.48. The summed E-state index contributed by atoms with van der Waals surface area (Å²) in [6.45, 7) is -1.64. The van der Waals surface area contributed by atoms with Crippen LogP contribution in [0, 0.1) is 0 Å². The van der Waals surface area contributed by atoms with Gasteiger partial charge in [-0.2, -0.15) is 8.78 Å². The van der Waals surface area contributed by atoms with Gasteiger partial charge < -0.3 is 5.11 Å². The smallest absolute Gasteiger partial charge is 0.387 e. The summed E-state index contributed by atoms with van der Waals surface area (Å²) < 4.78 is 32.4. The number of hydrogen-bond acceptors (Lipinski definition) is 2. The van der Waals surface area contributed by atoms with Crippen molar-refractivity contribution >= 4 is 0 Å². The Kier molecular flexibility index (Phi) is 2.04. The number of hydrogen-bond donors (Lipinski definition) is 1. The van der Waals surface area contributed by atoms with Crippen LogP contribution in [0.1, 0.15) is 0 Å². The van der Waals surface area contributed by atoms with Gasteiger partial charge in [0.15, 0.2) is 0 Å². The minimum absolute atomic E-state index is 1.64. The molecule has 7 heavy (non-hydrogen) atoms. The molecular weight excluding hydrogens is 113 g/mol. The lowest BCUT2D eigenvalue weighted by Gasteiger charge is -2.02. The van der Waals surface area contributed by atoms with Crippen molar-refractivity contribution < 1.29 is 23.4 Å². The molecule has 0 saturated heterocycles. The van der Waals surface area contributed by atoms with Gasteiger partial charge >= 0.3 is 6.11 Å². The molecule has 0 spiro atoms. The molecule has 0 radical (unpaired) electrons. The first-order valence-electron chi connectivity index (χ1n) is 1.41. The van der Waals surface area contributed by atoms with Crippen LogP contribution in [0.25, 0.3) is 0 Å². The molecule has 5 heteroatoms. The molecule has 0 aromatic carbocycles. The summed E-state index contributed by atoms with van der Waals surface area (Å²) in [5.74, 6) is 0. The number of rotatable bonds is 2. The van der Waals surface area contributed by atoms with E-state index in [2.05, 4.69) is 0 Å².